The van der Waals surface area contributed by atoms with E-state index in [1.807, 2.05) is 18.2 Å². The van der Waals surface area contributed by atoms with Crippen molar-refractivity contribution < 1.29 is 4.79 Å². The molecule has 0 fully saturated rings. The third-order valence-electron chi connectivity index (χ3n) is 1.59. The molecule has 2 rings (SSSR count). The van der Waals surface area contributed by atoms with E-state index in [1.54, 1.807) is 0 Å². The molecule has 1 aliphatic rings. The van der Waals surface area contributed by atoms with E-state index in [1.165, 1.54) is 11.8 Å². The fourth-order valence-corrected chi connectivity index (χ4v) is 2.53. The van der Waals surface area contributed by atoms with E-state index in [9.17, 15) is 4.79 Å². The first-order valence-electron chi connectivity index (χ1n) is 3.25. The molecular weight excluding hydrogens is 224 g/mol. The molecule has 1 nitrogen and oxygen atoms in total. The molecule has 1 heterocycles. The largest absolute Gasteiger partial charge is 0.286 e. The summed E-state index contributed by atoms with van der Waals surface area (Å²) in [6.07, 6.45) is 0.591. The zero-order valence-corrected chi connectivity index (χ0v) is 8.04. The van der Waals surface area contributed by atoms with Crippen LogP contribution in [0.1, 0.15) is 5.56 Å². The smallest absolute Gasteiger partial charge is 0.198 e. The van der Waals surface area contributed by atoms with E-state index >= 15 is 0 Å². The fraction of sp³-hybridized carbons (Fsp3) is 0.125. The van der Waals surface area contributed by atoms with E-state index in [4.69, 9.17) is 0 Å². The summed E-state index contributed by atoms with van der Waals surface area (Å²) in [6.45, 7) is 0. The standard InChI is InChI=1S/C8H5BrOS/c9-6-2-1-5-3-8(10)11-7(5)4-6/h1-2,4H,3H2. The van der Waals surface area contributed by atoms with Crippen LogP contribution in [0.15, 0.2) is 27.6 Å². The number of benzene rings is 1. The summed E-state index contributed by atoms with van der Waals surface area (Å²) in [4.78, 5) is 12.1. The Morgan fingerprint density at radius 1 is 1.45 bits per heavy atom. The molecule has 1 aromatic carbocycles. The molecule has 0 radical (unpaired) electrons. The molecule has 0 saturated heterocycles. The third kappa shape index (κ3) is 1.35. The minimum Gasteiger partial charge on any atom is -0.286 e. The van der Waals surface area contributed by atoms with Crippen molar-refractivity contribution in [3.63, 3.8) is 0 Å². The van der Waals surface area contributed by atoms with Gasteiger partial charge in [0.15, 0.2) is 5.12 Å². The van der Waals surface area contributed by atoms with Crippen LogP contribution in [0.4, 0.5) is 0 Å². The summed E-state index contributed by atoms with van der Waals surface area (Å²) < 4.78 is 1.04. The van der Waals surface area contributed by atoms with Crippen LogP contribution >= 0.6 is 27.7 Å². The molecular formula is C8H5BrOS. The van der Waals surface area contributed by atoms with Crippen LogP contribution in [0, 0.1) is 0 Å². The quantitative estimate of drug-likeness (QED) is 0.680. The molecule has 0 aliphatic carbocycles. The van der Waals surface area contributed by atoms with Crippen molar-refractivity contribution >= 4 is 32.8 Å². The van der Waals surface area contributed by atoms with E-state index in [-0.39, 0.29) is 5.12 Å². The molecule has 0 aromatic heterocycles. The number of fused-ring (bicyclic) bond motifs is 1. The lowest BCUT2D eigenvalue weighted by molar-refractivity contribution is -0.110. The number of hydrogen-bond donors (Lipinski definition) is 0. The molecule has 0 bridgehead atoms. The molecule has 0 amide bonds. The lowest BCUT2D eigenvalue weighted by atomic mass is 10.2. The van der Waals surface area contributed by atoms with Crippen LogP contribution in [0.5, 0.6) is 0 Å². The van der Waals surface area contributed by atoms with E-state index < -0.39 is 0 Å². The van der Waals surface area contributed by atoms with Crippen molar-refractivity contribution in [2.75, 3.05) is 0 Å². The van der Waals surface area contributed by atoms with Crippen molar-refractivity contribution in [3.05, 3.63) is 28.2 Å². The van der Waals surface area contributed by atoms with Crippen LogP contribution in [-0.2, 0) is 11.2 Å². The van der Waals surface area contributed by atoms with Crippen molar-refractivity contribution in [3.8, 4) is 0 Å². The number of hydrogen-bond acceptors (Lipinski definition) is 2. The number of carbonyl (C=O) groups is 1. The first kappa shape index (κ1) is 7.37. The van der Waals surface area contributed by atoms with Crippen LogP contribution in [-0.4, -0.2) is 5.12 Å². The van der Waals surface area contributed by atoms with Crippen LogP contribution in [0.2, 0.25) is 0 Å². The minimum atomic E-state index is 0.248. The molecule has 1 aliphatic heterocycles. The summed E-state index contributed by atoms with van der Waals surface area (Å²) in [6, 6.07) is 5.96. The minimum absolute atomic E-state index is 0.248. The van der Waals surface area contributed by atoms with Crippen molar-refractivity contribution in [2.24, 2.45) is 0 Å². The van der Waals surface area contributed by atoms with Gasteiger partial charge in [0.05, 0.1) is 0 Å². The second-order valence-electron chi connectivity index (χ2n) is 2.40. The predicted molar refractivity (Wildman–Crippen MR) is 48.7 cm³/mol. The van der Waals surface area contributed by atoms with E-state index in [0.717, 1.165) is 14.9 Å². The predicted octanol–water partition coefficient (Wildman–Crippen LogP) is 2.62. The third-order valence-corrected chi connectivity index (χ3v) is 3.05. The zero-order chi connectivity index (χ0) is 7.84. The monoisotopic (exact) mass is 228 g/mol. The average molecular weight is 229 g/mol. The maximum Gasteiger partial charge on any atom is 0.198 e. The second-order valence-corrected chi connectivity index (χ2v) is 4.42. The molecule has 0 N–H and O–H groups in total. The van der Waals surface area contributed by atoms with Crippen LogP contribution < -0.4 is 0 Å². The van der Waals surface area contributed by atoms with Gasteiger partial charge in [0.1, 0.15) is 0 Å². The molecule has 1 aromatic rings. The highest BCUT2D eigenvalue weighted by Gasteiger charge is 2.18. The SMILES string of the molecule is O=C1Cc2ccc(Br)cc2S1. The lowest BCUT2D eigenvalue weighted by Gasteiger charge is -1.94. The van der Waals surface area contributed by atoms with Crippen LogP contribution in [0.3, 0.4) is 0 Å². The maximum absolute atomic E-state index is 11.0. The molecule has 56 valence electrons. The molecule has 3 heteroatoms. The number of thioether (sulfide) groups is 1. The van der Waals surface area contributed by atoms with Gasteiger partial charge in [-0.3, -0.25) is 4.79 Å². The summed E-state index contributed by atoms with van der Waals surface area (Å²) in [5.41, 5.74) is 1.16. The van der Waals surface area contributed by atoms with Gasteiger partial charge >= 0.3 is 0 Å². The topological polar surface area (TPSA) is 17.1 Å². The Bertz CT molecular complexity index is 322. The first-order valence-corrected chi connectivity index (χ1v) is 4.86. The molecule has 0 atom stereocenters. The van der Waals surface area contributed by atoms with Gasteiger partial charge in [-0.2, -0.15) is 0 Å². The van der Waals surface area contributed by atoms with Gasteiger partial charge in [-0.15, -0.1) is 0 Å². The maximum atomic E-state index is 11.0. The zero-order valence-electron chi connectivity index (χ0n) is 5.63. The highest BCUT2D eigenvalue weighted by Crippen LogP contribution is 2.34. The molecule has 0 unspecified atom stereocenters. The highest BCUT2D eigenvalue weighted by atomic mass is 79.9. The summed E-state index contributed by atoms with van der Waals surface area (Å²) >= 11 is 4.70. The number of carbonyl (C=O) groups excluding carboxylic acids is 1. The Hall–Kier alpha value is -0.280. The Kier molecular flexibility index (Phi) is 1.77. The van der Waals surface area contributed by atoms with Crippen LogP contribution in [0.25, 0.3) is 0 Å². The van der Waals surface area contributed by atoms with Gasteiger partial charge in [-0.25, -0.2) is 0 Å². The van der Waals surface area contributed by atoms with Crippen molar-refractivity contribution in [1.82, 2.24) is 0 Å². The van der Waals surface area contributed by atoms with Gasteiger partial charge < -0.3 is 0 Å². The van der Waals surface area contributed by atoms with E-state index in [0.29, 0.717) is 6.42 Å². The number of rotatable bonds is 0. The Morgan fingerprint density at radius 3 is 3.09 bits per heavy atom. The van der Waals surface area contributed by atoms with E-state index in [2.05, 4.69) is 15.9 Å². The van der Waals surface area contributed by atoms with Gasteiger partial charge in [0, 0.05) is 15.8 Å². The fourth-order valence-electron chi connectivity index (χ4n) is 1.08. The Morgan fingerprint density at radius 2 is 2.27 bits per heavy atom. The normalized spacial score (nSPS) is 15.2. The summed E-state index contributed by atoms with van der Waals surface area (Å²) in [7, 11) is 0. The first-order chi connectivity index (χ1) is 5.25. The van der Waals surface area contributed by atoms with Gasteiger partial charge in [-0.1, -0.05) is 33.8 Å². The molecule has 0 spiro atoms. The second kappa shape index (κ2) is 2.64. The summed E-state index contributed by atoms with van der Waals surface area (Å²) in [5.74, 6) is 0. The molecule has 11 heavy (non-hydrogen) atoms. The van der Waals surface area contributed by atoms with Gasteiger partial charge in [0.25, 0.3) is 0 Å². The molecule has 0 saturated carbocycles. The van der Waals surface area contributed by atoms with Crippen molar-refractivity contribution in [2.45, 2.75) is 11.3 Å². The average Bonchev–Trinajstić information content (AvgIpc) is 2.27. The summed E-state index contributed by atoms with van der Waals surface area (Å²) in [5, 5.41) is 0.248. The van der Waals surface area contributed by atoms with Gasteiger partial charge in [-0.05, 0) is 17.7 Å². The highest BCUT2D eigenvalue weighted by molar-refractivity contribution is 9.10. The number of halogens is 1. The Labute approximate surface area is 77.3 Å². The van der Waals surface area contributed by atoms with Crippen molar-refractivity contribution in [1.29, 1.82) is 0 Å². The lowest BCUT2D eigenvalue weighted by Crippen LogP contribution is -1.85. The Balaban J connectivity index is 2.51. The van der Waals surface area contributed by atoms with Gasteiger partial charge in [0.2, 0.25) is 0 Å².